The zero-order valence-electron chi connectivity index (χ0n) is 14.7. The first-order valence-corrected chi connectivity index (χ1v) is 7.73. The van der Waals surface area contributed by atoms with Crippen molar-refractivity contribution >= 4 is 23.5 Å². The number of anilines is 1. The highest BCUT2D eigenvalue weighted by Crippen LogP contribution is 2.17. The number of carbonyl (C=O) groups is 3. The first-order chi connectivity index (χ1) is 11.3. The van der Waals surface area contributed by atoms with Crippen LogP contribution in [0.1, 0.15) is 23.7 Å². The van der Waals surface area contributed by atoms with Crippen LogP contribution in [0.5, 0.6) is 0 Å². The molecule has 7 nitrogen and oxygen atoms in total. The van der Waals surface area contributed by atoms with Gasteiger partial charge < -0.3 is 19.9 Å². The normalized spacial score (nSPS) is 10.4. The van der Waals surface area contributed by atoms with E-state index in [1.54, 1.807) is 24.3 Å². The van der Waals surface area contributed by atoms with Crippen molar-refractivity contribution in [2.24, 2.45) is 0 Å². The van der Waals surface area contributed by atoms with E-state index in [1.165, 1.54) is 18.9 Å². The maximum atomic E-state index is 11.9. The third kappa shape index (κ3) is 6.37. The molecule has 0 aromatic heterocycles. The fraction of sp³-hybridized carbons (Fsp3) is 0.471. The minimum Gasteiger partial charge on any atom is -0.465 e. The molecule has 0 saturated heterocycles. The molecule has 0 aliphatic rings. The van der Waals surface area contributed by atoms with Crippen molar-refractivity contribution in [1.82, 2.24) is 10.2 Å². The van der Waals surface area contributed by atoms with Gasteiger partial charge in [-0.2, -0.15) is 0 Å². The third-order valence-corrected chi connectivity index (χ3v) is 3.40. The van der Waals surface area contributed by atoms with E-state index in [-0.39, 0.29) is 24.8 Å². The van der Waals surface area contributed by atoms with Crippen molar-refractivity contribution < 1.29 is 19.1 Å². The van der Waals surface area contributed by atoms with E-state index in [0.717, 1.165) is 6.54 Å². The lowest BCUT2D eigenvalue weighted by Crippen LogP contribution is -2.36. The van der Waals surface area contributed by atoms with E-state index in [1.807, 2.05) is 19.0 Å². The number of amides is 2. The van der Waals surface area contributed by atoms with Gasteiger partial charge in [-0.3, -0.25) is 9.59 Å². The van der Waals surface area contributed by atoms with Crippen molar-refractivity contribution in [3.63, 3.8) is 0 Å². The molecular weight excluding hydrogens is 310 g/mol. The van der Waals surface area contributed by atoms with E-state index >= 15 is 0 Å². The maximum Gasteiger partial charge on any atom is 0.337 e. The number of methoxy groups -OCH3 is 1. The third-order valence-electron chi connectivity index (χ3n) is 3.40. The van der Waals surface area contributed by atoms with Crippen molar-refractivity contribution in [3.05, 3.63) is 29.8 Å². The van der Waals surface area contributed by atoms with Gasteiger partial charge in [0.25, 0.3) is 0 Å². The number of hydrogen-bond donors (Lipinski definition) is 1. The highest BCUT2D eigenvalue weighted by molar-refractivity contribution is 5.95. The van der Waals surface area contributed by atoms with E-state index in [4.69, 9.17) is 0 Å². The Kier molecular flexibility index (Phi) is 7.91. The molecule has 0 heterocycles. The quantitative estimate of drug-likeness (QED) is 0.714. The molecule has 0 saturated carbocycles. The van der Waals surface area contributed by atoms with Gasteiger partial charge in [-0.15, -0.1) is 0 Å². The summed E-state index contributed by atoms with van der Waals surface area (Å²) in [6.07, 6.45) is 0.190. The van der Waals surface area contributed by atoms with Crippen LogP contribution < -0.4 is 10.2 Å². The molecule has 0 atom stereocenters. The Balaban J connectivity index is 2.69. The van der Waals surface area contributed by atoms with Gasteiger partial charge >= 0.3 is 5.97 Å². The summed E-state index contributed by atoms with van der Waals surface area (Å²) in [6.45, 7) is 2.98. The van der Waals surface area contributed by atoms with Crippen molar-refractivity contribution in [2.75, 3.05) is 45.7 Å². The van der Waals surface area contributed by atoms with Gasteiger partial charge in [-0.25, -0.2) is 4.79 Å². The second kappa shape index (κ2) is 9.67. The average molecular weight is 335 g/mol. The van der Waals surface area contributed by atoms with Crippen LogP contribution in [0.4, 0.5) is 5.69 Å². The number of esters is 1. The molecule has 1 N–H and O–H groups in total. The number of rotatable bonds is 8. The highest BCUT2D eigenvalue weighted by atomic mass is 16.5. The fourth-order valence-corrected chi connectivity index (χ4v) is 2.11. The molecule has 0 bridgehead atoms. The van der Waals surface area contributed by atoms with Gasteiger partial charge in [0.15, 0.2) is 0 Å². The topological polar surface area (TPSA) is 79.0 Å². The van der Waals surface area contributed by atoms with Crippen molar-refractivity contribution in [3.8, 4) is 0 Å². The van der Waals surface area contributed by atoms with E-state index in [2.05, 4.69) is 10.1 Å². The van der Waals surface area contributed by atoms with Crippen LogP contribution >= 0.6 is 0 Å². The van der Waals surface area contributed by atoms with Gasteiger partial charge in [0, 0.05) is 38.7 Å². The first kappa shape index (κ1) is 19.6. The second-order valence-electron chi connectivity index (χ2n) is 5.62. The number of benzene rings is 1. The predicted molar refractivity (Wildman–Crippen MR) is 92.0 cm³/mol. The Morgan fingerprint density at radius 3 is 2.46 bits per heavy atom. The Hall–Kier alpha value is -2.41. The summed E-state index contributed by atoms with van der Waals surface area (Å²) in [5.74, 6) is -0.785. The highest BCUT2D eigenvalue weighted by Gasteiger charge is 2.15. The summed E-state index contributed by atoms with van der Waals surface area (Å²) in [5.41, 5.74) is 0.920. The van der Waals surface area contributed by atoms with Crippen LogP contribution in [-0.4, -0.2) is 63.5 Å². The summed E-state index contributed by atoms with van der Waals surface area (Å²) in [7, 11) is 5.16. The fourth-order valence-electron chi connectivity index (χ4n) is 2.11. The van der Waals surface area contributed by atoms with Crippen LogP contribution in [0.15, 0.2) is 24.3 Å². The lowest BCUT2D eigenvalue weighted by molar-refractivity contribution is -0.121. The predicted octanol–water partition coefficient (Wildman–Crippen LogP) is 0.894. The second-order valence-corrected chi connectivity index (χ2v) is 5.62. The van der Waals surface area contributed by atoms with Crippen molar-refractivity contribution in [1.29, 1.82) is 0 Å². The molecule has 0 aliphatic carbocycles. The van der Waals surface area contributed by atoms with Crippen LogP contribution in [0, 0.1) is 0 Å². The zero-order valence-corrected chi connectivity index (χ0v) is 14.7. The summed E-state index contributed by atoms with van der Waals surface area (Å²) in [4.78, 5) is 38.8. The lowest BCUT2D eigenvalue weighted by Gasteiger charge is -2.21. The summed E-state index contributed by atoms with van der Waals surface area (Å²) in [6, 6.07) is 6.59. The number of nitrogens with one attached hydrogen (secondary N) is 1. The van der Waals surface area contributed by atoms with Gasteiger partial charge in [0.1, 0.15) is 0 Å². The number of likely N-dealkylation sites (N-methyl/N-ethyl adjacent to an activating group) is 1. The number of carbonyl (C=O) groups excluding carboxylic acids is 3. The Morgan fingerprint density at radius 2 is 1.88 bits per heavy atom. The summed E-state index contributed by atoms with van der Waals surface area (Å²) >= 11 is 0. The molecule has 1 rings (SSSR count). The lowest BCUT2D eigenvalue weighted by atomic mass is 10.2. The molecule has 2 amide bonds. The Morgan fingerprint density at radius 1 is 1.17 bits per heavy atom. The molecule has 132 valence electrons. The number of ether oxygens (including phenoxy) is 1. The molecule has 0 radical (unpaired) electrons. The maximum absolute atomic E-state index is 11.9. The average Bonchev–Trinajstić information content (AvgIpc) is 2.54. The van der Waals surface area contributed by atoms with Gasteiger partial charge in [0.05, 0.1) is 12.7 Å². The zero-order chi connectivity index (χ0) is 18.1. The van der Waals surface area contributed by atoms with Gasteiger partial charge in [-0.05, 0) is 32.3 Å². The molecule has 0 unspecified atom stereocenters. The van der Waals surface area contributed by atoms with Crippen LogP contribution in [0.2, 0.25) is 0 Å². The molecule has 1 aromatic rings. The molecular formula is C17H25N3O4. The SMILES string of the molecule is COC(=O)c1cccc(N(CCC(=O)NCCN(C)C)C(C)=O)c1. The summed E-state index contributed by atoms with van der Waals surface area (Å²) < 4.78 is 4.68. The largest absolute Gasteiger partial charge is 0.465 e. The van der Waals surface area contributed by atoms with Crippen LogP contribution in [0.25, 0.3) is 0 Å². The standard InChI is InChI=1S/C17H25N3O4/c1-13(21)20(10-8-16(22)18-9-11-19(2)3)15-7-5-6-14(12-15)17(23)24-4/h5-7,12H,8-11H2,1-4H3,(H,18,22). The minimum absolute atomic E-state index is 0.118. The Labute approximate surface area is 142 Å². The van der Waals surface area contributed by atoms with Gasteiger partial charge in [-0.1, -0.05) is 6.07 Å². The summed E-state index contributed by atoms with van der Waals surface area (Å²) in [5, 5.41) is 2.81. The first-order valence-electron chi connectivity index (χ1n) is 7.73. The molecule has 1 aromatic carbocycles. The van der Waals surface area contributed by atoms with Crippen LogP contribution in [0.3, 0.4) is 0 Å². The molecule has 0 spiro atoms. The van der Waals surface area contributed by atoms with Crippen molar-refractivity contribution in [2.45, 2.75) is 13.3 Å². The van der Waals surface area contributed by atoms with E-state index in [0.29, 0.717) is 17.8 Å². The van der Waals surface area contributed by atoms with E-state index < -0.39 is 5.97 Å². The number of nitrogens with zero attached hydrogens (tertiary/aromatic N) is 2. The molecule has 7 heteroatoms. The van der Waals surface area contributed by atoms with Crippen LogP contribution in [-0.2, 0) is 14.3 Å². The number of hydrogen-bond acceptors (Lipinski definition) is 5. The van der Waals surface area contributed by atoms with E-state index in [9.17, 15) is 14.4 Å². The Bertz CT molecular complexity index is 587. The molecule has 24 heavy (non-hydrogen) atoms. The molecule has 0 aliphatic heterocycles. The van der Waals surface area contributed by atoms with Gasteiger partial charge in [0.2, 0.25) is 11.8 Å². The smallest absolute Gasteiger partial charge is 0.337 e. The minimum atomic E-state index is -0.471. The molecule has 0 fully saturated rings. The monoisotopic (exact) mass is 335 g/mol.